The summed E-state index contributed by atoms with van der Waals surface area (Å²) < 4.78 is 10.3. The molecule has 1 aromatic rings. The van der Waals surface area contributed by atoms with E-state index in [9.17, 15) is 9.59 Å². The third-order valence-corrected chi connectivity index (χ3v) is 3.41. The molecule has 1 aromatic carbocycles. The zero-order valence-electron chi connectivity index (χ0n) is 12.0. The molecule has 6 heteroatoms. The molecule has 0 unspecified atom stereocenters. The van der Waals surface area contributed by atoms with E-state index < -0.39 is 12.1 Å². The van der Waals surface area contributed by atoms with Gasteiger partial charge in [-0.3, -0.25) is 9.59 Å². The summed E-state index contributed by atoms with van der Waals surface area (Å²) in [6, 6.07) is 5.26. The average molecular weight is 312 g/mol. The molecule has 0 aliphatic heterocycles. The van der Waals surface area contributed by atoms with Gasteiger partial charge in [0.1, 0.15) is 5.75 Å². The van der Waals surface area contributed by atoms with Crippen molar-refractivity contribution >= 4 is 23.5 Å². The van der Waals surface area contributed by atoms with Gasteiger partial charge in [0.2, 0.25) is 0 Å². The van der Waals surface area contributed by atoms with Gasteiger partial charge in [-0.2, -0.15) is 0 Å². The fraction of sp³-hybridized carbons (Fsp3) is 0.467. The van der Waals surface area contributed by atoms with E-state index in [-0.39, 0.29) is 18.4 Å². The molecule has 0 saturated heterocycles. The van der Waals surface area contributed by atoms with Crippen molar-refractivity contribution in [3.63, 3.8) is 0 Å². The van der Waals surface area contributed by atoms with E-state index >= 15 is 0 Å². The fourth-order valence-electron chi connectivity index (χ4n) is 1.88. The molecule has 0 bridgehead atoms. The van der Waals surface area contributed by atoms with Crippen LogP contribution in [0.4, 0.5) is 0 Å². The van der Waals surface area contributed by atoms with Crippen LogP contribution in [-0.2, 0) is 20.7 Å². The summed E-state index contributed by atoms with van der Waals surface area (Å²) in [5.41, 5.74) is 0.629. The van der Waals surface area contributed by atoms with E-state index in [4.69, 9.17) is 21.1 Å². The van der Waals surface area contributed by atoms with Crippen LogP contribution in [0.2, 0.25) is 5.02 Å². The van der Waals surface area contributed by atoms with E-state index in [0.29, 0.717) is 16.3 Å². The highest BCUT2D eigenvalue weighted by Gasteiger charge is 2.27. The Hall–Kier alpha value is -1.75. The predicted molar refractivity (Wildman–Crippen MR) is 78.4 cm³/mol. The topological polar surface area (TPSA) is 64.6 Å². The van der Waals surface area contributed by atoms with Crippen molar-refractivity contribution in [2.75, 3.05) is 7.11 Å². The van der Waals surface area contributed by atoms with Gasteiger partial charge in [-0.15, -0.1) is 0 Å². The summed E-state index contributed by atoms with van der Waals surface area (Å²) in [6.45, 7) is 1.56. The van der Waals surface area contributed by atoms with Crippen molar-refractivity contribution in [2.24, 2.45) is 0 Å². The van der Waals surface area contributed by atoms with Crippen molar-refractivity contribution in [3.05, 3.63) is 28.8 Å². The Morgan fingerprint density at radius 3 is 2.76 bits per heavy atom. The van der Waals surface area contributed by atoms with Gasteiger partial charge in [-0.1, -0.05) is 11.6 Å². The lowest BCUT2D eigenvalue weighted by Crippen LogP contribution is -2.37. The fourth-order valence-corrected chi connectivity index (χ4v) is 2.07. The van der Waals surface area contributed by atoms with E-state index in [2.05, 4.69) is 5.32 Å². The Kier molecular flexibility index (Phi) is 5.07. The van der Waals surface area contributed by atoms with Crippen LogP contribution in [-0.4, -0.2) is 31.1 Å². The summed E-state index contributed by atoms with van der Waals surface area (Å²) >= 11 is 5.91. The van der Waals surface area contributed by atoms with Gasteiger partial charge in [-0.25, -0.2) is 0 Å². The van der Waals surface area contributed by atoms with Gasteiger partial charge in [0.15, 0.2) is 6.10 Å². The molecule has 21 heavy (non-hydrogen) atoms. The minimum Gasteiger partial charge on any atom is -0.496 e. The smallest absolute Gasteiger partial charge is 0.311 e. The van der Waals surface area contributed by atoms with Crippen molar-refractivity contribution in [1.29, 1.82) is 0 Å². The normalized spacial score (nSPS) is 15.2. The minimum absolute atomic E-state index is 0.00474. The van der Waals surface area contributed by atoms with E-state index in [1.54, 1.807) is 25.1 Å². The number of ether oxygens (including phenoxy) is 2. The van der Waals surface area contributed by atoms with Crippen LogP contribution >= 0.6 is 11.6 Å². The maximum absolute atomic E-state index is 11.9. The molecule has 0 radical (unpaired) electrons. The number of methoxy groups -OCH3 is 1. The Labute approximate surface area is 128 Å². The number of carbonyl (C=O) groups excluding carboxylic acids is 2. The molecule has 1 saturated carbocycles. The van der Waals surface area contributed by atoms with Crippen LogP contribution in [0.1, 0.15) is 25.3 Å². The van der Waals surface area contributed by atoms with Crippen LogP contribution < -0.4 is 10.1 Å². The zero-order chi connectivity index (χ0) is 15.4. The highest BCUT2D eigenvalue weighted by Crippen LogP contribution is 2.23. The van der Waals surface area contributed by atoms with Crippen molar-refractivity contribution in [3.8, 4) is 5.75 Å². The lowest BCUT2D eigenvalue weighted by molar-refractivity contribution is -0.154. The molecule has 1 fully saturated rings. The average Bonchev–Trinajstić information content (AvgIpc) is 3.22. The number of hydrogen-bond donors (Lipinski definition) is 1. The zero-order valence-corrected chi connectivity index (χ0v) is 12.8. The number of halogens is 1. The van der Waals surface area contributed by atoms with Crippen molar-refractivity contribution < 1.29 is 19.1 Å². The second kappa shape index (κ2) is 6.80. The summed E-state index contributed by atoms with van der Waals surface area (Å²) in [7, 11) is 1.52. The first-order valence-corrected chi connectivity index (χ1v) is 7.19. The molecule has 1 N–H and O–H groups in total. The summed E-state index contributed by atoms with van der Waals surface area (Å²) in [6.07, 6.45) is 1.19. The molecule has 2 rings (SSSR count). The third kappa shape index (κ3) is 4.63. The Bertz CT molecular complexity index is 542. The highest BCUT2D eigenvalue weighted by molar-refractivity contribution is 6.30. The van der Waals surface area contributed by atoms with Crippen molar-refractivity contribution in [1.82, 2.24) is 5.32 Å². The minimum atomic E-state index is -0.803. The number of rotatable bonds is 6. The summed E-state index contributed by atoms with van der Waals surface area (Å²) in [5.74, 6) is -0.190. The second-order valence-electron chi connectivity index (χ2n) is 5.05. The van der Waals surface area contributed by atoms with Crippen molar-refractivity contribution in [2.45, 2.75) is 38.3 Å². The maximum Gasteiger partial charge on any atom is 0.311 e. The molecule has 1 aliphatic carbocycles. The molecule has 114 valence electrons. The number of amides is 1. The molecule has 1 atom stereocenters. The van der Waals surface area contributed by atoms with Crippen LogP contribution in [0.5, 0.6) is 5.75 Å². The number of hydrogen-bond acceptors (Lipinski definition) is 4. The summed E-state index contributed by atoms with van der Waals surface area (Å²) in [5, 5.41) is 3.30. The number of benzene rings is 1. The largest absolute Gasteiger partial charge is 0.496 e. The number of carbonyl (C=O) groups is 2. The van der Waals surface area contributed by atoms with E-state index in [1.165, 1.54) is 7.11 Å². The van der Waals surface area contributed by atoms with Crippen LogP contribution in [0.15, 0.2) is 18.2 Å². The Morgan fingerprint density at radius 1 is 1.43 bits per heavy atom. The van der Waals surface area contributed by atoms with Gasteiger partial charge in [0.05, 0.1) is 13.5 Å². The molecule has 1 aliphatic rings. The molecular formula is C15H18ClNO4. The molecule has 0 spiro atoms. The van der Waals surface area contributed by atoms with Gasteiger partial charge < -0.3 is 14.8 Å². The number of nitrogens with one attached hydrogen (secondary N) is 1. The first-order valence-electron chi connectivity index (χ1n) is 6.82. The van der Waals surface area contributed by atoms with Crippen LogP contribution in [0, 0.1) is 0 Å². The molecule has 0 aromatic heterocycles. The van der Waals surface area contributed by atoms with Gasteiger partial charge in [-0.05, 0) is 38.0 Å². The second-order valence-corrected chi connectivity index (χ2v) is 5.48. The first-order chi connectivity index (χ1) is 9.99. The monoisotopic (exact) mass is 311 g/mol. The molecule has 5 nitrogen and oxygen atoms in total. The standard InChI is InChI=1S/C15H18ClNO4/c1-9(15(19)17-12-4-5-12)21-14(18)8-10-7-11(16)3-6-13(10)20-2/h3,6-7,9,12H,4-5,8H2,1-2H3,(H,17,19)/t9-/m1/s1. The Morgan fingerprint density at radius 2 is 2.14 bits per heavy atom. The number of esters is 1. The van der Waals surface area contributed by atoms with Gasteiger partial charge >= 0.3 is 5.97 Å². The lowest BCUT2D eigenvalue weighted by atomic mass is 10.1. The highest BCUT2D eigenvalue weighted by atomic mass is 35.5. The maximum atomic E-state index is 11.9. The summed E-state index contributed by atoms with van der Waals surface area (Å²) in [4.78, 5) is 23.6. The van der Waals surface area contributed by atoms with E-state index in [1.807, 2.05) is 0 Å². The van der Waals surface area contributed by atoms with E-state index in [0.717, 1.165) is 12.8 Å². The van der Waals surface area contributed by atoms with Gasteiger partial charge in [0.25, 0.3) is 5.91 Å². The van der Waals surface area contributed by atoms with Crippen LogP contribution in [0.3, 0.4) is 0 Å². The Balaban J connectivity index is 1.91. The quantitative estimate of drug-likeness (QED) is 0.817. The SMILES string of the molecule is COc1ccc(Cl)cc1CC(=O)O[C@H](C)C(=O)NC1CC1. The molecule has 1 amide bonds. The van der Waals surface area contributed by atoms with Crippen LogP contribution in [0.25, 0.3) is 0 Å². The third-order valence-electron chi connectivity index (χ3n) is 3.18. The predicted octanol–water partition coefficient (Wildman–Crippen LogP) is 2.10. The van der Waals surface area contributed by atoms with Gasteiger partial charge in [0, 0.05) is 16.6 Å². The molecule has 0 heterocycles. The molecular weight excluding hydrogens is 294 g/mol. The first kappa shape index (κ1) is 15.6. The lowest BCUT2D eigenvalue weighted by Gasteiger charge is -2.14.